The van der Waals surface area contributed by atoms with Gasteiger partial charge in [0.2, 0.25) is 5.95 Å². The molecule has 1 aliphatic heterocycles. The molecular formula is C24H20F5N5. The topological polar surface area (TPSA) is 46.8 Å². The third kappa shape index (κ3) is 3.66. The Morgan fingerprint density at radius 3 is 2.47 bits per heavy atom. The molecule has 5 rings (SSSR count). The van der Waals surface area contributed by atoms with Crippen LogP contribution >= 0.6 is 0 Å². The second-order valence-electron chi connectivity index (χ2n) is 8.43. The molecule has 176 valence electrons. The number of halogens is 5. The van der Waals surface area contributed by atoms with Crippen LogP contribution in [0.4, 0.5) is 27.9 Å². The molecule has 34 heavy (non-hydrogen) atoms. The van der Waals surface area contributed by atoms with E-state index in [1.54, 1.807) is 7.05 Å². The number of alkyl halides is 3. The maximum absolute atomic E-state index is 14.9. The van der Waals surface area contributed by atoms with Gasteiger partial charge in [0.1, 0.15) is 17.3 Å². The Kier molecular flexibility index (Phi) is 5.26. The minimum Gasteiger partial charge on any atom is -0.337 e. The Morgan fingerprint density at radius 1 is 1.09 bits per heavy atom. The number of hydrogen-bond donors (Lipinski definition) is 0. The normalized spacial score (nSPS) is 16.2. The fraction of sp³-hybridized carbons (Fsp3) is 0.292. The van der Waals surface area contributed by atoms with Crippen molar-refractivity contribution in [2.24, 2.45) is 7.05 Å². The minimum absolute atomic E-state index is 0.0698. The van der Waals surface area contributed by atoms with E-state index < -0.39 is 34.5 Å². The van der Waals surface area contributed by atoms with Gasteiger partial charge in [-0.1, -0.05) is 30.3 Å². The summed E-state index contributed by atoms with van der Waals surface area (Å²) >= 11 is 0. The molecule has 4 aromatic rings. The fourth-order valence-electron chi connectivity index (χ4n) is 4.32. The Bertz CT molecular complexity index is 1380. The Balaban J connectivity index is 1.54. The number of benzene rings is 2. The molecule has 2 aromatic carbocycles. The first-order valence-corrected chi connectivity index (χ1v) is 10.7. The Labute approximate surface area is 191 Å². The molecule has 1 unspecified atom stereocenters. The average Bonchev–Trinajstić information content (AvgIpc) is 3.11. The van der Waals surface area contributed by atoms with Gasteiger partial charge in [0.15, 0.2) is 5.65 Å². The lowest BCUT2D eigenvalue weighted by atomic mass is 9.96. The largest absolute Gasteiger partial charge is 0.419 e. The van der Waals surface area contributed by atoms with Crippen LogP contribution in [0.5, 0.6) is 0 Å². The smallest absolute Gasteiger partial charge is 0.337 e. The first kappa shape index (κ1) is 22.2. The van der Waals surface area contributed by atoms with Gasteiger partial charge >= 0.3 is 6.18 Å². The summed E-state index contributed by atoms with van der Waals surface area (Å²) in [6, 6.07) is 10.7. The van der Waals surface area contributed by atoms with Crippen molar-refractivity contribution in [2.45, 2.75) is 32.0 Å². The maximum atomic E-state index is 14.9. The highest BCUT2D eigenvalue weighted by atomic mass is 19.4. The van der Waals surface area contributed by atoms with Gasteiger partial charge in [0.25, 0.3) is 0 Å². The summed E-state index contributed by atoms with van der Waals surface area (Å²) < 4.78 is 70.4. The molecule has 5 nitrogen and oxygen atoms in total. The molecule has 0 radical (unpaired) electrons. The second-order valence-corrected chi connectivity index (χ2v) is 8.43. The molecule has 0 spiro atoms. The van der Waals surface area contributed by atoms with Gasteiger partial charge in [-0.15, -0.1) is 0 Å². The number of fused-ring (bicyclic) bond motifs is 1. The van der Waals surface area contributed by atoms with E-state index in [1.165, 1.54) is 16.4 Å². The molecule has 0 aliphatic carbocycles. The first-order chi connectivity index (χ1) is 16.1. The molecule has 0 saturated carbocycles. The lowest BCUT2D eigenvalue weighted by molar-refractivity contribution is -0.140. The van der Waals surface area contributed by atoms with Gasteiger partial charge in [-0.25, -0.2) is 18.4 Å². The zero-order chi connectivity index (χ0) is 24.2. The summed E-state index contributed by atoms with van der Waals surface area (Å²) in [5, 5.41) is 4.49. The van der Waals surface area contributed by atoms with Crippen molar-refractivity contribution in [1.82, 2.24) is 19.7 Å². The van der Waals surface area contributed by atoms with Gasteiger partial charge < -0.3 is 4.90 Å². The minimum atomic E-state index is -4.98. The zero-order valence-corrected chi connectivity index (χ0v) is 18.4. The van der Waals surface area contributed by atoms with Gasteiger partial charge in [-0.2, -0.15) is 23.3 Å². The van der Waals surface area contributed by atoms with E-state index in [9.17, 15) is 22.0 Å². The van der Waals surface area contributed by atoms with Gasteiger partial charge in [0, 0.05) is 37.0 Å². The molecule has 1 fully saturated rings. The SMILES string of the molecule is Cc1c(F)c(-c2nn(C)c3nc(N4CCC4Cc4ccccc4)ncc23)cc(C(F)(F)F)c1F. The molecule has 2 aromatic heterocycles. The van der Waals surface area contributed by atoms with Crippen LogP contribution in [0.2, 0.25) is 0 Å². The molecule has 10 heteroatoms. The molecule has 1 saturated heterocycles. The van der Waals surface area contributed by atoms with Gasteiger partial charge in [0.05, 0.1) is 10.9 Å². The van der Waals surface area contributed by atoms with Crippen molar-refractivity contribution in [3.63, 3.8) is 0 Å². The predicted molar refractivity (Wildman–Crippen MR) is 117 cm³/mol. The van der Waals surface area contributed by atoms with Crippen LogP contribution in [-0.2, 0) is 19.6 Å². The third-order valence-corrected chi connectivity index (χ3v) is 6.26. The molecule has 0 bridgehead atoms. The number of rotatable bonds is 4. The molecule has 1 atom stereocenters. The highest BCUT2D eigenvalue weighted by Gasteiger charge is 2.37. The summed E-state index contributed by atoms with van der Waals surface area (Å²) in [7, 11) is 1.57. The van der Waals surface area contributed by atoms with E-state index in [0.29, 0.717) is 17.7 Å². The van der Waals surface area contributed by atoms with Crippen molar-refractivity contribution in [3.05, 3.63) is 70.9 Å². The molecular weight excluding hydrogens is 453 g/mol. The number of aromatic nitrogens is 4. The standard InChI is InChI=1S/C24H20F5N5/c1-13-19(25)16(11-18(20(13)26)24(27,28)29)21-17-12-30-23(31-22(17)33(2)32-21)34-9-8-15(34)10-14-6-4-3-5-7-14/h3-7,11-12,15H,8-10H2,1-2H3. The van der Waals surface area contributed by atoms with Crippen LogP contribution in [0, 0.1) is 18.6 Å². The van der Waals surface area contributed by atoms with Crippen molar-refractivity contribution in [2.75, 3.05) is 11.4 Å². The monoisotopic (exact) mass is 473 g/mol. The molecule has 3 heterocycles. The van der Waals surface area contributed by atoms with E-state index >= 15 is 0 Å². The van der Waals surface area contributed by atoms with Crippen molar-refractivity contribution >= 4 is 17.0 Å². The van der Waals surface area contributed by atoms with Crippen molar-refractivity contribution < 1.29 is 22.0 Å². The van der Waals surface area contributed by atoms with Crippen LogP contribution in [0.1, 0.15) is 23.1 Å². The summed E-state index contributed by atoms with van der Waals surface area (Å²) in [5.41, 5.74) is -1.23. The van der Waals surface area contributed by atoms with E-state index in [1.807, 2.05) is 18.2 Å². The van der Waals surface area contributed by atoms with Crippen LogP contribution in [0.3, 0.4) is 0 Å². The van der Waals surface area contributed by atoms with Crippen LogP contribution in [-0.4, -0.2) is 32.3 Å². The summed E-state index contributed by atoms with van der Waals surface area (Å²) in [6.07, 6.45) is -1.73. The highest BCUT2D eigenvalue weighted by molar-refractivity contribution is 5.91. The summed E-state index contributed by atoms with van der Waals surface area (Å²) in [6.45, 7) is 1.74. The van der Waals surface area contributed by atoms with Gasteiger partial charge in [-0.3, -0.25) is 0 Å². The Hall–Kier alpha value is -3.56. The molecule has 0 amide bonds. The zero-order valence-electron chi connectivity index (χ0n) is 18.4. The molecule has 1 aliphatic rings. The lowest BCUT2D eigenvalue weighted by Gasteiger charge is -2.41. The number of nitrogens with zero attached hydrogens (tertiary/aromatic N) is 5. The summed E-state index contributed by atoms with van der Waals surface area (Å²) in [4.78, 5) is 11.0. The van der Waals surface area contributed by atoms with E-state index in [0.717, 1.165) is 26.3 Å². The van der Waals surface area contributed by atoms with E-state index in [-0.39, 0.29) is 17.1 Å². The molecule has 0 N–H and O–H groups in total. The van der Waals surface area contributed by atoms with Crippen molar-refractivity contribution in [1.29, 1.82) is 0 Å². The second kappa shape index (κ2) is 8.03. The first-order valence-electron chi connectivity index (χ1n) is 10.7. The van der Waals surface area contributed by atoms with Crippen LogP contribution < -0.4 is 4.90 Å². The lowest BCUT2D eigenvalue weighted by Crippen LogP contribution is -2.50. The number of hydrogen-bond acceptors (Lipinski definition) is 4. The highest BCUT2D eigenvalue weighted by Crippen LogP contribution is 2.39. The van der Waals surface area contributed by atoms with Gasteiger partial charge in [-0.05, 0) is 31.4 Å². The summed E-state index contributed by atoms with van der Waals surface area (Å²) in [5.74, 6) is -2.25. The maximum Gasteiger partial charge on any atom is 0.419 e. The van der Waals surface area contributed by atoms with Crippen LogP contribution in [0.25, 0.3) is 22.3 Å². The average molecular weight is 473 g/mol. The third-order valence-electron chi connectivity index (χ3n) is 6.26. The fourth-order valence-corrected chi connectivity index (χ4v) is 4.32. The van der Waals surface area contributed by atoms with Crippen molar-refractivity contribution in [3.8, 4) is 11.3 Å². The quantitative estimate of drug-likeness (QED) is 0.370. The predicted octanol–water partition coefficient (Wildman–Crippen LogP) is 5.46. The van der Waals surface area contributed by atoms with Crippen LogP contribution in [0.15, 0.2) is 42.6 Å². The van der Waals surface area contributed by atoms with E-state index in [4.69, 9.17) is 0 Å². The number of aryl methyl sites for hydroxylation is 1. The Morgan fingerprint density at radius 2 is 1.82 bits per heavy atom. The number of anilines is 1. The van der Waals surface area contributed by atoms with E-state index in [2.05, 4.69) is 32.1 Å².